The molecule has 0 amide bonds. The lowest BCUT2D eigenvalue weighted by molar-refractivity contribution is 0.132. The van der Waals surface area contributed by atoms with Gasteiger partial charge in [-0.1, -0.05) is 27.7 Å². The monoisotopic (exact) mass is 197 g/mol. The number of hydrogen-bond donors (Lipinski definition) is 1. The van der Waals surface area contributed by atoms with Crippen LogP contribution in [0.4, 0.5) is 0 Å². The fourth-order valence-electron chi connectivity index (χ4n) is 1.82. The molecule has 2 heteroatoms. The predicted octanol–water partition coefficient (Wildman–Crippen LogP) is 2.70. The first-order valence-corrected chi connectivity index (χ1v) is 5.62. The summed E-state index contributed by atoms with van der Waals surface area (Å²) in [5, 5.41) is 3.50. The average molecular weight is 197 g/mol. The van der Waals surface area contributed by atoms with Crippen molar-refractivity contribution >= 4 is 0 Å². The van der Waals surface area contributed by atoms with E-state index in [0.29, 0.717) is 6.04 Å². The number of hydrogen-bond acceptors (Lipinski definition) is 2. The van der Waals surface area contributed by atoms with Gasteiger partial charge in [0.1, 0.15) is 5.76 Å². The molecule has 2 nitrogen and oxygen atoms in total. The van der Waals surface area contributed by atoms with Gasteiger partial charge in [-0.15, -0.1) is 0 Å². The van der Waals surface area contributed by atoms with Crippen LogP contribution in [0.25, 0.3) is 0 Å². The van der Waals surface area contributed by atoms with Gasteiger partial charge < -0.3 is 10.1 Å². The molecule has 0 aliphatic carbocycles. The molecule has 1 heterocycles. The Morgan fingerprint density at radius 3 is 2.64 bits per heavy atom. The Kier molecular flexibility index (Phi) is 3.99. The van der Waals surface area contributed by atoms with E-state index in [4.69, 9.17) is 4.74 Å². The summed E-state index contributed by atoms with van der Waals surface area (Å²) < 4.78 is 5.72. The zero-order chi connectivity index (χ0) is 10.6. The fourth-order valence-corrected chi connectivity index (χ4v) is 1.82. The van der Waals surface area contributed by atoms with E-state index in [2.05, 4.69) is 39.1 Å². The minimum atomic E-state index is 0.221. The molecule has 0 spiro atoms. The van der Waals surface area contributed by atoms with Crippen molar-refractivity contribution in [2.45, 2.75) is 46.6 Å². The minimum Gasteiger partial charge on any atom is -0.497 e. The Morgan fingerprint density at radius 2 is 2.21 bits per heavy atom. The van der Waals surface area contributed by atoms with Crippen molar-refractivity contribution in [2.24, 2.45) is 5.41 Å². The molecule has 1 rings (SSSR count). The van der Waals surface area contributed by atoms with Crippen LogP contribution in [0.2, 0.25) is 0 Å². The van der Waals surface area contributed by atoms with Crippen molar-refractivity contribution in [3.05, 3.63) is 11.8 Å². The second-order valence-electron chi connectivity index (χ2n) is 4.95. The van der Waals surface area contributed by atoms with E-state index in [1.165, 1.54) is 0 Å². The summed E-state index contributed by atoms with van der Waals surface area (Å²) in [6.45, 7) is 10.8. The van der Waals surface area contributed by atoms with Gasteiger partial charge in [-0.05, 0) is 30.9 Å². The van der Waals surface area contributed by atoms with E-state index in [1.54, 1.807) is 0 Å². The van der Waals surface area contributed by atoms with Crippen LogP contribution in [0.15, 0.2) is 11.8 Å². The maximum absolute atomic E-state index is 5.72. The van der Waals surface area contributed by atoms with Crippen molar-refractivity contribution in [1.29, 1.82) is 0 Å². The van der Waals surface area contributed by atoms with Crippen LogP contribution in [-0.2, 0) is 4.74 Å². The van der Waals surface area contributed by atoms with Gasteiger partial charge >= 0.3 is 0 Å². The lowest BCUT2D eigenvalue weighted by Crippen LogP contribution is -2.42. The van der Waals surface area contributed by atoms with Crippen molar-refractivity contribution in [2.75, 3.05) is 13.2 Å². The second-order valence-corrected chi connectivity index (χ2v) is 4.95. The van der Waals surface area contributed by atoms with Gasteiger partial charge in [0.15, 0.2) is 0 Å². The van der Waals surface area contributed by atoms with Crippen LogP contribution < -0.4 is 5.32 Å². The van der Waals surface area contributed by atoms with E-state index in [0.717, 1.165) is 31.8 Å². The normalized spacial score (nSPS) is 19.9. The third kappa shape index (κ3) is 3.02. The first-order chi connectivity index (χ1) is 6.55. The highest BCUT2D eigenvalue weighted by Crippen LogP contribution is 2.27. The van der Waals surface area contributed by atoms with Gasteiger partial charge in [-0.2, -0.15) is 0 Å². The zero-order valence-corrected chi connectivity index (χ0v) is 9.89. The molecule has 0 saturated heterocycles. The van der Waals surface area contributed by atoms with Crippen LogP contribution in [0.5, 0.6) is 0 Å². The summed E-state index contributed by atoms with van der Waals surface area (Å²) in [6, 6.07) is 0.354. The third-order valence-corrected chi connectivity index (χ3v) is 2.52. The fraction of sp³-hybridized carbons (Fsp3) is 0.833. The Hall–Kier alpha value is -0.500. The molecule has 0 aromatic rings. The minimum absolute atomic E-state index is 0.221. The zero-order valence-electron chi connectivity index (χ0n) is 9.89. The number of ether oxygens (including phenoxy) is 1. The van der Waals surface area contributed by atoms with Gasteiger partial charge in [-0.3, -0.25) is 0 Å². The lowest BCUT2D eigenvalue weighted by Gasteiger charge is -2.34. The standard InChI is InChI=1S/C12H23NO/c1-5-13-11(12(2,3)4)10-8-6-7-9-14-10/h8,11,13H,5-7,9H2,1-4H3. The van der Waals surface area contributed by atoms with Gasteiger partial charge in [0.25, 0.3) is 0 Å². The highest BCUT2D eigenvalue weighted by Gasteiger charge is 2.29. The Bertz CT molecular complexity index is 203. The molecular formula is C12H23NO. The van der Waals surface area contributed by atoms with Crippen molar-refractivity contribution in [3.63, 3.8) is 0 Å². The van der Waals surface area contributed by atoms with Gasteiger partial charge in [0.05, 0.1) is 12.6 Å². The molecule has 0 fully saturated rings. The summed E-state index contributed by atoms with van der Waals surface area (Å²) in [6.07, 6.45) is 4.56. The summed E-state index contributed by atoms with van der Waals surface area (Å²) in [5.41, 5.74) is 0.221. The average Bonchev–Trinajstić information content (AvgIpc) is 2.14. The van der Waals surface area contributed by atoms with Crippen LogP contribution in [0, 0.1) is 5.41 Å². The molecule has 1 aliphatic heterocycles. The molecule has 0 aromatic heterocycles. The third-order valence-electron chi connectivity index (χ3n) is 2.52. The van der Waals surface area contributed by atoms with Gasteiger partial charge in [0, 0.05) is 0 Å². The van der Waals surface area contributed by atoms with E-state index < -0.39 is 0 Å². The topological polar surface area (TPSA) is 21.3 Å². The molecule has 0 saturated carbocycles. The van der Waals surface area contributed by atoms with Crippen LogP contribution in [-0.4, -0.2) is 19.2 Å². The Morgan fingerprint density at radius 1 is 1.50 bits per heavy atom. The maximum atomic E-state index is 5.72. The van der Waals surface area contributed by atoms with Crippen molar-refractivity contribution in [1.82, 2.24) is 5.32 Å². The Balaban J connectivity index is 2.71. The lowest BCUT2D eigenvalue weighted by atomic mass is 9.84. The maximum Gasteiger partial charge on any atom is 0.109 e. The highest BCUT2D eigenvalue weighted by molar-refractivity contribution is 5.09. The first-order valence-electron chi connectivity index (χ1n) is 5.62. The van der Waals surface area contributed by atoms with E-state index in [9.17, 15) is 0 Å². The summed E-state index contributed by atoms with van der Waals surface area (Å²) in [5.74, 6) is 1.14. The Labute approximate surface area is 87.7 Å². The predicted molar refractivity (Wildman–Crippen MR) is 60.2 cm³/mol. The van der Waals surface area contributed by atoms with Crippen LogP contribution >= 0.6 is 0 Å². The number of nitrogens with one attached hydrogen (secondary N) is 1. The summed E-state index contributed by atoms with van der Waals surface area (Å²) in [7, 11) is 0. The molecule has 1 N–H and O–H groups in total. The number of likely N-dealkylation sites (N-methyl/N-ethyl adjacent to an activating group) is 1. The van der Waals surface area contributed by atoms with Gasteiger partial charge in [0.2, 0.25) is 0 Å². The molecule has 0 radical (unpaired) electrons. The molecular weight excluding hydrogens is 174 g/mol. The highest BCUT2D eigenvalue weighted by atomic mass is 16.5. The quantitative estimate of drug-likeness (QED) is 0.751. The largest absolute Gasteiger partial charge is 0.497 e. The van der Waals surface area contributed by atoms with E-state index >= 15 is 0 Å². The first kappa shape index (κ1) is 11.6. The molecule has 1 atom stereocenters. The summed E-state index contributed by atoms with van der Waals surface area (Å²) >= 11 is 0. The number of allylic oxidation sites excluding steroid dienone is 1. The van der Waals surface area contributed by atoms with E-state index in [1.807, 2.05) is 0 Å². The SMILES string of the molecule is CCNC(C1=CCCCO1)C(C)(C)C. The molecule has 14 heavy (non-hydrogen) atoms. The number of rotatable bonds is 3. The van der Waals surface area contributed by atoms with Gasteiger partial charge in [-0.25, -0.2) is 0 Å². The molecule has 82 valence electrons. The molecule has 1 unspecified atom stereocenters. The van der Waals surface area contributed by atoms with Crippen molar-refractivity contribution in [3.8, 4) is 0 Å². The van der Waals surface area contributed by atoms with Crippen molar-refractivity contribution < 1.29 is 4.74 Å². The van der Waals surface area contributed by atoms with E-state index in [-0.39, 0.29) is 5.41 Å². The molecule has 0 bridgehead atoms. The van der Waals surface area contributed by atoms with Crippen LogP contribution in [0.1, 0.15) is 40.5 Å². The van der Waals surface area contributed by atoms with Crippen LogP contribution in [0.3, 0.4) is 0 Å². The summed E-state index contributed by atoms with van der Waals surface area (Å²) in [4.78, 5) is 0. The molecule has 1 aliphatic rings. The second kappa shape index (κ2) is 4.83. The smallest absolute Gasteiger partial charge is 0.109 e. The molecule has 0 aromatic carbocycles.